The number of benzene rings is 2. The lowest BCUT2D eigenvalue weighted by Crippen LogP contribution is -2.50. The van der Waals surface area contributed by atoms with Gasteiger partial charge in [-0.25, -0.2) is 0 Å². The Hall–Kier alpha value is -3.07. The smallest absolute Gasteiger partial charge is 0.269 e. The zero-order valence-corrected chi connectivity index (χ0v) is 20.4. The number of carbonyl (C=O) groups is 2. The van der Waals surface area contributed by atoms with Crippen molar-refractivity contribution in [3.63, 3.8) is 0 Å². The van der Waals surface area contributed by atoms with Crippen molar-refractivity contribution in [2.45, 2.75) is 57.0 Å². The summed E-state index contributed by atoms with van der Waals surface area (Å²) in [6, 6.07) is 13.4. The second-order valence-corrected chi connectivity index (χ2v) is 9.44. The Bertz CT molecular complexity index is 992. The molecule has 8 nitrogen and oxygen atoms in total. The summed E-state index contributed by atoms with van der Waals surface area (Å²) in [5, 5.41) is 13.9. The molecule has 182 valence electrons. The Balaban J connectivity index is 1.65. The summed E-state index contributed by atoms with van der Waals surface area (Å²) >= 11 is 1.42. The van der Waals surface area contributed by atoms with Crippen LogP contribution in [0.15, 0.2) is 48.5 Å². The largest absolute Gasteiger partial charge is 0.497 e. The Morgan fingerprint density at radius 1 is 1.18 bits per heavy atom. The highest BCUT2D eigenvalue weighted by molar-refractivity contribution is 7.99. The molecule has 1 saturated carbocycles. The number of nitrogens with zero attached hydrogens (tertiary/aromatic N) is 2. The van der Waals surface area contributed by atoms with E-state index in [9.17, 15) is 19.7 Å². The first-order chi connectivity index (χ1) is 16.4. The van der Waals surface area contributed by atoms with Crippen molar-refractivity contribution in [3.05, 3.63) is 69.8 Å². The average molecular weight is 486 g/mol. The highest BCUT2D eigenvalue weighted by atomic mass is 32.2. The molecule has 1 atom stereocenters. The maximum absolute atomic E-state index is 13.2. The Morgan fingerprint density at radius 3 is 2.53 bits per heavy atom. The molecule has 2 amide bonds. The van der Waals surface area contributed by atoms with E-state index in [0.717, 1.165) is 36.8 Å². The van der Waals surface area contributed by atoms with Crippen LogP contribution in [0.5, 0.6) is 5.75 Å². The minimum atomic E-state index is -0.612. The van der Waals surface area contributed by atoms with Crippen molar-refractivity contribution in [3.8, 4) is 5.75 Å². The van der Waals surface area contributed by atoms with Crippen molar-refractivity contribution < 1.29 is 19.2 Å². The molecule has 0 unspecified atom stereocenters. The van der Waals surface area contributed by atoms with Crippen molar-refractivity contribution in [1.82, 2.24) is 10.2 Å². The number of nitro groups is 1. The molecular weight excluding hydrogens is 454 g/mol. The van der Waals surface area contributed by atoms with Crippen LogP contribution in [-0.2, 0) is 21.9 Å². The summed E-state index contributed by atoms with van der Waals surface area (Å²) in [7, 11) is 1.59. The van der Waals surface area contributed by atoms with Gasteiger partial charge in [-0.3, -0.25) is 19.7 Å². The number of ether oxygens (including phenoxy) is 1. The summed E-state index contributed by atoms with van der Waals surface area (Å²) < 4.78 is 5.30. The van der Waals surface area contributed by atoms with Crippen LogP contribution in [0.3, 0.4) is 0 Å². The Morgan fingerprint density at radius 2 is 1.88 bits per heavy atom. The zero-order chi connectivity index (χ0) is 24.5. The summed E-state index contributed by atoms with van der Waals surface area (Å²) in [6.45, 7) is 2.07. The highest BCUT2D eigenvalue weighted by Gasteiger charge is 2.28. The van der Waals surface area contributed by atoms with Crippen molar-refractivity contribution in [1.29, 1.82) is 0 Å². The summed E-state index contributed by atoms with van der Waals surface area (Å²) in [5.41, 5.74) is 1.82. The fraction of sp³-hybridized carbons (Fsp3) is 0.440. The minimum Gasteiger partial charge on any atom is -0.497 e. The van der Waals surface area contributed by atoms with Gasteiger partial charge >= 0.3 is 0 Å². The van der Waals surface area contributed by atoms with E-state index in [-0.39, 0.29) is 29.3 Å². The van der Waals surface area contributed by atoms with Crippen LogP contribution in [0.1, 0.15) is 43.7 Å². The van der Waals surface area contributed by atoms with E-state index in [2.05, 4.69) is 5.32 Å². The fourth-order valence-corrected chi connectivity index (χ4v) is 4.87. The van der Waals surface area contributed by atoms with Gasteiger partial charge in [0.25, 0.3) is 5.69 Å². The van der Waals surface area contributed by atoms with E-state index >= 15 is 0 Å². The molecule has 2 aromatic rings. The standard InChI is InChI=1S/C25H31N3O5S/c1-18(25(30)26-21-7-3-4-8-21)27(15-20-6-5-9-23(14-20)33-2)24(29)17-34-16-19-10-12-22(13-11-19)28(31)32/h5-6,9-14,18,21H,3-4,7-8,15-17H2,1-2H3,(H,26,30)/t18-/m0/s1. The summed E-state index contributed by atoms with van der Waals surface area (Å²) in [6.07, 6.45) is 4.19. The van der Waals surface area contributed by atoms with Crippen molar-refractivity contribution >= 4 is 29.3 Å². The predicted molar refractivity (Wildman–Crippen MR) is 133 cm³/mol. The van der Waals surface area contributed by atoms with Crippen LogP contribution in [0, 0.1) is 10.1 Å². The second-order valence-electron chi connectivity index (χ2n) is 8.46. The third kappa shape index (κ3) is 7.21. The highest BCUT2D eigenvalue weighted by Crippen LogP contribution is 2.21. The molecule has 0 aromatic heterocycles. The van der Waals surface area contributed by atoms with E-state index in [1.807, 2.05) is 24.3 Å². The number of carbonyl (C=O) groups excluding carboxylic acids is 2. The number of amides is 2. The molecule has 0 radical (unpaired) electrons. The first-order valence-corrected chi connectivity index (χ1v) is 12.6. The number of rotatable bonds is 11. The maximum atomic E-state index is 13.2. The minimum absolute atomic E-state index is 0.0383. The predicted octanol–water partition coefficient (Wildman–Crippen LogP) is 4.31. The van der Waals surface area contributed by atoms with Crippen LogP contribution in [0.4, 0.5) is 5.69 Å². The van der Waals surface area contributed by atoms with Gasteiger partial charge in [0.05, 0.1) is 17.8 Å². The van der Waals surface area contributed by atoms with Gasteiger partial charge in [0.15, 0.2) is 0 Å². The Labute approximate surface area is 204 Å². The molecule has 3 rings (SSSR count). The first kappa shape index (κ1) is 25.6. The lowest BCUT2D eigenvalue weighted by atomic mass is 10.1. The van der Waals surface area contributed by atoms with Gasteiger partial charge in [0.1, 0.15) is 11.8 Å². The van der Waals surface area contributed by atoms with Gasteiger partial charge in [0, 0.05) is 30.5 Å². The topological polar surface area (TPSA) is 102 Å². The van der Waals surface area contributed by atoms with Crippen LogP contribution < -0.4 is 10.1 Å². The number of methoxy groups -OCH3 is 1. The third-order valence-corrected chi connectivity index (χ3v) is 6.99. The average Bonchev–Trinajstić information content (AvgIpc) is 3.35. The number of hydrogen-bond acceptors (Lipinski definition) is 6. The number of thioether (sulfide) groups is 1. The van der Waals surface area contributed by atoms with Gasteiger partial charge < -0.3 is 15.0 Å². The van der Waals surface area contributed by atoms with Crippen LogP contribution >= 0.6 is 11.8 Å². The molecular formula is C25H31N3O5S. The molecule has 9 heteroatoms. The maximum Gasteiger partial charge on any atom is 0.269 e. The molecule has 1 aliphatic carbocycles. The lowest BCUT2D eigenvalue weighted by Gasteiger charge is -2.29. The molecule has 1 fully saturated rings. The van der Waals surface area contributed by atoms with Gasteiger partial charge in [0.2, 0.25) is 11.8 Å². The number of nitrogens with one attached hydrogen (secondary N) is 1. The number of non-ortho nitro benzene ring substituents is 1. The van der Waals surface area contributed by atoms with Gasteiger partial charge in [-0.15, -0.1) is 11.8 Å². The fourth-order valence-electron chi connectivity index (χ4n) is 4.00. The zero-order valence-electron chi connectivity index (χ0n) is 19.6. The van der Waals surface area contributed by atoms with Crippen molar-refractivity contribution in [2.75, 3.05) is 12.9 Å². The third-order valence-electron chi connectivity index (χ3n) is 6.00. The van der Waals surface area contributed by atoms with Crippen LogP contribution in [0.25, 0.3) is 0 Å². The molecule has 0 heterocycles. The molecule has 34 heavy (non-hydrogen) atoms. The van der Waals surface area contributed by atoms with Gasteiger partial charge in [-0.1, -0.05) is 37.1 Å². The van der Waals surface area contributed by atoms with Crippen LogP contribution in [-0.4, -0.2) is 46.6 Å². The van der Waals surface area contributed by atoms with Crippen LogP contribution in [0.2, 0.25) is 0 Å². The molecule has 2 aromatic carbocycles. The second kappa shape index (κ2) is 12.4. The summed E-state index contributed by atoms with van der Waals surface area (Å²) in [5.74, 6) is 1.16. The van der Waals surface area contributed by atoms with E-state index in [1.54, 1.807) is 31.1 Å². The van der Waals surface area contributed by atoms with E-state index in [4.69, 9.17) is 4.74 Å². The SMILES string of the molecule is COc1cccc(CN(C(=O)CSCc2ccc([N+](=O)[O-])cc2)[C@@H](C)C(=O)NC2CCCC2)c1. The first-order valence-electron chi connectivity index (χ1n) is 11.4. The molecule has 0 bridgehead atoms. The number of hydrogen-bond donors (Lipinski definition) is 1. The molecule has 1 N–H and O–H groups in total. The molecule has 1 aliphatic rings. The summed E-state index contributed by atoms with van der Waals surface area (Å²) in [4.78, 5) is 38.2. The lowest BCUT2D eigenvalue weighted by molar-refractivity contribution is -0.384. The van der Waals surface area contributed by atoms with Gasteiger partial charge in [-0.2, -0.15) is 0 Å². The number of nitro benzene ring substituents is 1. The quantitative estimate of drug-likeness (QED) is 0.376. The monoisotopic (exact) mass is 485 g/mol. The van der Waals surface area contributed by atoms with E-state index in [0.29, 0.717) is 18.0 Å². The molecule has 0 aliphatic heterocycles. The van der Waals surface area contributed by atoms with E-state index in [1.165, 1.54) is 23.9 Å². The molecule has 0 saturated heterocycles. The Kier molecular flexibility index (Phi) is 9.33. The van der Waals surface area contributed by atoms with E-state index < -0.39 is 11.0 Å². The normalized spacial score (nSPS) is 14.4. The molecule has 0 spiro atoms. The van der Waals surface area contributed by atoms with Gasteiger partial charge in [-0.05, 0) is 43.0 Å². The van der Waals surface area contributed by atoms with Crippen molar-refractivity contribution in [2.24, 2.45) is 0 Å².